The van der Waals surface area contributed by atoms with Crippen LogP contribution in [0.1, 0.15) is 35.1 Å². The molecule has 1 aliphatic heterocycles. The van der Waals surface area contributed by atoms with Crippen LogP contribution in [0.4, 0.5) is 0 Å². The summed E-state index contributed by atoms with van der Waals surface area (Å²) < 4.78 is 31.4. The van der Waals surface area contributed by atoms with Crippen LogP contribution in [0, 0.1) is 12.8 Å². The van der Waals surface area contributed by atoms with Gasteiger partial charge < -0.3 is 9.30 Å². The second-order valence-corrected chi connectivity index (χ2v) is 8.95. The number of carbonyl (C=O) groups excluding carboxylic acids is 2. The highest BCUT2D eigenvalue weighted by Gasteiger charge is 2.30. The molecule has 140 valence electrons. The van der Waals surface area contributed by atoms with Crippen molar-refractivity contribution in [1.29, 1.82) is 0 Å². The minimum Gasteiger partial charge on any atom is -0.462 e. The number of amides is 1. The number of aromatic nitrogens is 1. The molecule has 0 radical (unpaired) electrons. The third kappa shape index (κ3) is 4.56. The summed E-state index contributed by atoms with van der Waals surface area (Å²) in [6, 6.07) is 0. The summed E-state index contributed by atoms with van der Waals surface area (Å²) in [5.74, 6) is -1.26. The molecule has 1 amide bonds. The van der Waals surface area contributed by atoms with Gasteiger partial charge in [0.15, 0.2) is 4.80 Å². The minimum atomic E-state index is -3.32. The predicted octanol–water partition coefficient (Wildman–Crippen LogP) is 0.671. The zero-order valence-electron chi connectivity index (χ0n) is 14.8. The summed E-state index contributed by atoms with van der Waals surface area (Å²) in [5, 5.41) is 0. The Morgan fingerprint density at radius 1 is 1.40 bits per heavy atom. The van der Waals surface area contributed by atoms with Crippen LogP contribution in [-0.4, -0.2) is 55.1 Å². The molecule has 0 unspecified atom stereocenters. The number of nitrogens with zero attached hydrogens (tertiary/aromatic N) is 3. The van der Waals surface area contributed by atoms with E-state index >= 15 is 0 Å². The van der Waals surface area contributed by atoms with Crippen LogP contribution in [0.25, 0.3) is 0 Å². The third-order valence-electron chi connectivity index (χ3n) is 4.18. The first-order valence-electron chi connectivity index (χ1n) is 8.02. The van der Waals surface area contributed by atoms with Gasteiger partial charge in [-0.25, -0.2) is 17.5 Å². The molecule has 0 aromatic carbocycles. The Kier molecular flexibility index (Phi) is 6.17. The maximum absolute atomic E-state index is 12.5. The monoisotopic (exact) mass is 389 g/mol. The lowest BCUT2D eigenvalue weighted by Gasteiger charge is -2.28. The summed E-state index contributed by atoms with van der Waals surface area (Å²) in [6.07, 6.45) is 2.38. The Bertz CT molecular complexity index is 838. The van der Waals surface area contributed by atoms with E-state index in [9.17, 15) is 18.0 Å². The van der Waals surface area contributed by atoms with Crippen LogP contribution in [0.15, 0.2) is 4.99 Å². The van der Waals surface area contributed by atoms with Gasteiger partial charge in [0.2, 0.25) is 10.0 Å². The smallest absolute Gasteiger partial charge is 0.350 e. The van der Waals surface area contributed by atoms with Gasteiger partial charge in [0, 0.05) is 25.8 Å². The van der Waals surface area contributed by atoms with Gasteiger partial charge in [-0.15, -0.1) is 0 Å². The minimum absolute atomic E-state index is 0.153. The van der Waals surface area contributed by atoms with E-state index < -0.39 is 21.9 Å². The van der Waals surface area contributed by atoms with Gasteiger partial charge in [0.25, 0.3) is 5.91 Å². The van der Waals surface area contributed by atoms with Gasteiger partial charge in [-0.1, -0.05) is 11.3 Å². The molecule has 1 aromatic rings. The molecule has 1 fully saturated rings. The van der Waals surface area contributed by atoms with Gasteiger partial charge >= 0.3 is 5.97 Å². The lowest BCUT2D eigenvalue weighted by Crippen LogP contribution is -2.41. The maximum atomic E-state index is 12.5. The Morgan fingerprint density at radius 3 is 2.68 bits per heavy atom. The van der Waals surface area contributed by atoms with Crippen molar-refractivity contribution in [1.82, 2.24) is 8.87 Å². The van der Waals surface area contributed by atoms with Crippen molar-refractivity contribution in [3.63, 3.8) is 0 Å². The zero-order valence-corrected chi connectivity index (χ0v) is 16.4. The number of thiazole rings is 1. The summed E-state index contributed by atoms with van der Waals surface area (Å²) in [6.45, 7) is 4.35. The summed E-state index contributed by atoms with van der Waals surface area (Å²) in [7, 11) is -1.59. The van der Waals surface area contributed by atoms with E-state index in [0.717, 1.165) is 17.6 Å². The molecule has 0 bridgehead atoms. The maximum Gasteiger partial charge on any atom is 0.350 e. The molecule has 2 rings (SSSR count). The number of hydrogen-bond donors (Lipinski definition) is 0. The molecule has 0 saturated carbocycles. The molecule has 1 aliphatic rings. The van der Waals surface area contributed by atoms with Crippen molar-refractivity contribution in [3.05, 3.63) is 15.4 Å². The number of esters is 1. The van der Waals surface area contributed by atoms with Crippen LogP contribution in [0.5, 0.6) is 0 Å². The van der Waals surface area contributed by atoms with Crippen LogP contribution >= 0.6 is 11.3 Å². The average Bonchev–Trinajstić information content (AvgIpc) is 2.83. The predicted molar refractivity (Wildman–Crippen MR) is 93.7 cm³/mol. The van der Waals surface area contributed by atoms with Gasteiger partial charge in [0.1, 0.15) is 4.88 Å². The van der Waals surface area contributed by atoms with Crippen LogP contribution < -0.4 is 4.80 Å². The van der Waals surface area contributed by atoms with Crippen molar-refractivity contribution in [2.45, 2.75) is 26.7 Å². The number of ether oxygens (including phenoxy) is 1. The van der Waals surface area contributed by atoms with Crippen molar-refractivity contribution in [2.24, 2.45) is 18.0 Å². The lowest BCUT2D eigenvalue weighted by molar-refractivity contribution is -0.122. The first kappa shape index (κ1) is 19.8. The summed E-state index contributed by atoms with van der Waals surface area (Å²) in [4.78, 5) is 29.4. The number of rotatable bonds is 4. The Hall–Kier alpha value is -1.52. The first-order valence-corrected chi connectivity index (χ1v) is 10.7. The Labute approximate surface area is 151 Å². The molecule has 1 aromatic heterocycles. The highest BCUT2D eigenvalue weighted by molar-refractivity contribution is 7.88. The summed E-state index contributed by atoms with van der Waals surface area (Å²) in [5.41, 5.74) is 0.677. The number of sulfonamides is 1. The van der Waals surface area contributed by atoms with E-state index in [-0.39, 0.29) is 19.1 Å². The van der Waals surface area contributed by atoms with Gasteiger partial charge in [-0.05, 0) is 26.7 Å². The first-order chi connectivity index (χ1) is 11.6. The molecule has 0 spiro atoms. The van der Waals surface area contributed by atoms with Crippen molar-refractivity contribution >= 4 is 33.2 Å². The van der Waals surface area contributed by atoms with Gasteiger partial charge in [-0.3, -0.25) is 4.79 Å². The van der Waals surface area contributed by atoms with E-state index in [1.165, 1.54) is 4.31 Å². The lowest BCUT2D eigenvalue weighted by atomic mass is 9.99. The molecule has 0 N–H and O–H groups in total. The van der Waals surface area contributed by atoms with E-state index in [1.54, 1.807) is 25.5 Å². The molecule has 8 nitrogen and oxygen atoms in total. The van der Waals surface area contributed by atoms with Crippen LogP contribution in [-0.2, 0) is 26.6 Å². The fourth-order valence-corrected chi connectivity index (χ4v) is 4.57. The third-order valence-corrected chi connectivity index (χ3v) is 6.66. The van der Waals surface area contributed by atoms with E-state index in [2.05, 4.69) is 4.99 Å². The molecule has 2 heterocycles. The molecule has 10 heteroatoms. The quantitative estimate of drug-likeness (QED) is 0.705. The molecule has 1 saturated heterocycles. The number of piperidine rings is 1. The second kappa shape index (κ2) is 7.79. The van der Waals surface area contributed by atoms with Gasteiger partial charge in [0.05, 0.1) is 18.8 Å². The molecule has 1 atom stereocenters. The van der Waals surface area contributed by atoms with Crippen molar-refractivity contribution in [2.75, 3.05) is 26.0 Å². The fourth-order valence-electron chi connectivity index (χ4n) is 2.64. The SMILES string of the molecule is CCOC(=O)c1sc(=NC(=O)[C@@H]2CCCN(S(C)(=O)=O)C2)n(C)c1C. The summed E-state index contributed by atoms with van der Waals surface area (Å²) >= 11 is 1.10. The van der Waals surface area contributed by atoms with E-state index in [1.807, 2.05) is 0 Å². The number of carbonyl (C=O) groups is 2. The molecular formula is C15H23N3O5S2. The zero-order chi connectivity index (χ0) is 18.8. The highest BCUT2D eigenvalue weighted by Crippen LogP contribution is 2.20. The molecular weight excluding hydrogens is 366 g/mol. The normalized spacial score (nSPS) is 19.8. The van der Waals surface area contributed by atoms with Gasteiger partial charge in [-0.2, -0.15) is 4.99 Å². The number of hydrogen-bond acceptors (Lipinski definition) is 6. The molecule has 0 aliphatic carbocycles. The second-order valence-electron chi connectivity index (χ2n) is 5.99. The Balaban J connectivity index is 2.26. The molecule has 25 heavy (non-hydrogen) atoms. The topological polar surface area (TPSA) is 98.0 Å². The highest BCUT2D eigenvalue weighted by atomic mass is 32.2. The Morgan fingerprint density at radius 2 is 2.08 bits per heavy atom. The van der Waals surface area contributed by atoms with Crippen molar-refractivity contribution in [3.8, 4) is 0 Å². The standard InChI is InChI=1S/C15H23N3O5S2/c1-5-23-14(20)12-10(2)17(3)15(24-12)16-13(19)11-7-6-8-18(9-11)25(4,21)22/h11H,5-9H2,1-4H3/t11-/m1/s1. The van der Waals surface area contributed by atoms with Crippen LogP contribution in [0.2, 0.25) is 0 Å². The van der Waals surface area contributed by atoms with Crippen molar-refractivity contribution < 1.29 is 22.7 Å². The van der Waals surface area contributed by atoms with E-state index in [4.69, 9.17) is 4.74 Å². The van der Waals surface area contributed by atoms with Crippen LogP contribution in [0.3, 0.4) is 0 Å². The fraction of sp³-hybridized carbons (Fsp3) is 0.667. The average molecular weight is 389 g/mol. The largest absolute Gasteiger partial charge is 0.462 e. The van der Waals surface area contributed by atoms with E-state index in [0.29, 0.717) is 34.8 Å².